The van der Waals surface area contributed by atoms with Crippen molar-refractivity contribution in [3.63, 3.8) is 0 Å². The summed E-state index contributed by atoms with van der Waals surface area (Å²) in [6, 6.07) is 8.85. The molecule has 0 aliphatic carbocycles. The van der Waals surface area contributed by atoms with Gasteiger partial charge in [0.2, 0.25) is 0 Å². The number of carbonyl (C=O) groups excluding carboxylic acids is 2. The van der Waals surface area contributed by atoms with Gasteiger partial charge in [-0.3, -0.25) is 0 Å². The highest BCUT2D eigenvalue weighted by Crippen LogP contribution is 2.09. The van der Waals surface area contributed by atoms with Crippen LogP contribution in [0.5, 0.6) is 0 Å². The summed E-state index contributed by atoms with van der Waals surface area (Å²) >= 11 is 0. The van der Waals surface area contributed by atoms with Gasteiger partial charge in [-0.05, 0) is 32.8 Å². The predicted octanol–water partition coefficient (Wildman–Crippen LogP) is 3.71. The van der Waals surface area contributed by atoms with Crippen molar-refractivity contribution in [1.82, 2.24) is 5.32 Å². The minimum absolute atomic E-state index is 0.0910. The Balaban J connectivity index is 2.70. The standard InChI is InChI=1S/C19H25NO4/c1-5-14-23-17(21)16(20-18(22)24-19(2,3)4)13-9-12-15-10-7-6-8-11-15/h5-12,16H,1,13-14H2,2-4H3,(H,20,22)/b12-9+/t16-/m0/s1. The largest absolute Gasteiger partial charge is 0.460 e. The topological polar surface area (TPSA) is 64.6 Å². The van der Waals surface area contributed by atoms with Gasteiger partial charge in [0, 0.05) is 0 Å². The molecule has 0 saturated carbocycles. The third kappa shape index (κ3) is 8.17. The second kappa shape index (κ2) is 9.55. The van der Waals surface area contributed by atoms with Gasteiger partial charge in [-0.1, -0.05) is 55.1 Å². The van der Waals surface area contributed by atoms with Crippen molar-refractivity contribution in [1.29, 1.82) is 0 Å². The first-order chi connectivity index (χ1) is 11.3. The maximum absolute atomic E-state index is 12.1. The van der Waals surface area contributed by atoms with E-state index in [1.807, 2.05) is 42.5 Å². The number of carbonyl (C=O) groups is 2. The average Bonchev–Trinajstić information content (AvgIpc) is 2.51. The highest BCUT2D eigenvalue weighted by atomic mass is 16.6. The van der Waals surface area contributed by atoms with Gasteiger partial charge >= 0.3 is 12.1 Å². The molecular formula is C19H25NO4. The molecule has 0 unspecified atom stereocenters. The number of hydrogen-bond donors (Lipinski definition) is 1. The molecule has 5 nitrogen and oxygen atoms in total. The molecule has 1 atom stereocenters. The molecule has 0 radical (unpaired) electrons. The second-order valence-electron chi connectivity index (χ2n) is 6.17. The normalized spacial score (nSPS) is 12.5. The molecule has 0 spiro atoms. The van der Waals surface area contributed by atoms with Crippen LogP contribution in [0, 0.1) is 0 Å². The maximum Gasteiger partial charge on any atom is 0.408 e. The third-order valence-corrected chi connectivity index (χ3v) is 2.80. The SMILES string of the molecule is C=CCOC(=O)[C@H](C/C=C/c1ccccc1)NC(=O)OC(C)(C)C. The summed E-state index contributed by atoms with van der Waals surface area (Å²) < 4.78 is 10.2. The zero-order chi connectivity index (χ0) is 18.0. The zero-order valence-corrected chi connectivity index (χ0v) is 14.5. The van der Waals surface area contributed by atoms with Crippen LogP contribution < -0.4 is 5.32 Å². The van der Waals surface area contributed by atoms with Crippen LogP contribution in [0.3, 0.4) is 0 Å². The fourth-order valence-electron chi connectivity index (χ4n) is 1.81. The first kappa shape index (κ1) is 19.5. The number of nitrogens with one attached hydrogen (secondary N) is 1. The Morgan fingerprint density at radius 1 is 1.25 bits per heavy atom. The minimum Gasteiger partial charge on any atom is -0.460 e. The molecule has 1 amide bonds. The van der Waals surface area contributed by atoms with Crippen LogP contribution in [-0.4, -0.2) is 30.3 Å². The summed E-state index contributed by atoms with van der Waals surface area (Å²) in [5.74, 6) is -0.529. The van der Waals surface area contributed by atoms with Gasteiger partial charge in [0.05, 0.1) is 0 Å². The molecule has 0 aliphatic heterocycles. The van der Waals surface area contributed by atoms with Gasteiger partial charge in [-0.2, -0.15) is 0 Å². The third-order valence-electron chi connectivity index (χ3n) is 2.80. The van der Waals surface area contributed by atoms with Gasteiger partial charge in [0.15, 0.2) is 0 Å². The van der Waals surface area contributed by atoms with Crippen LogP contribution in [0.1, 0.15) is 32.8 Å². The number of hydrogen-bond acceptors (Lipinski definition) is 4. The Kier molecular flexibility index (Phi) is 7.75. The van der Waals surface area contributed by atoms with E-state index in [4.69, 9.17) is 9.47 Å². The van der Waals surface area contributed by atoms with Crippen molar-refractivity contribution in [2.75, 3.05) is 6.61 Å². The van der Waals surface area contributed by atoms with E-state index in [1.54, 1.807) is 20.8 Å². The van der Waals surface area contributed by atoms with Crippen LogP contribution >= 0.6 is 0 Å². The lowest BCUT2D eigenvalue weighted by Crippen LogP contribution is -2.44. The van der Waals surface area contributed by atoms with Gasteiger partial charge in [-0.15, -0.1) is 0 Å². The molecule has 0 bridgehead atoms. The molecule has 130 valence electrons. The zero-order valence-electron chi connectivity index (χ0n) is 14.5. The van der Waals surface area contributed by atoms with E-state index in [2.05, 4.69) is 11.9 Å². The quantitative estimate of drug-likeness (QED) is 0.611. The fourth-order valence-corrected chi connectivity index (χ4v) is 1.81. The maximum atomic E-state index is 12.1. The number of alkyl carbamates (subject to hydrolysis) is 1. The van der Waals surface area contributed by atoms with E-state index in [0.717, 1.165) is 5.56 Å². The molecule has 24 heavy (non-hydrogen) atoms. The molecular weight excluding hydrogens is 306 g/mol. The average molecular weight is 331 g/mol. The first-order valence-electron chi connectivity index (χ1n) is 7.80. The Morgan fingerprint density at radius 2 is 1.92 bits per heavy atom. The molecule has 0 heterocycles. The lowest BCUT2D eigenvalue weighted by Gasteiger charge is -2.22. The molecule has 0 aliphatic rings. The van der Waals surface area contributed by atoms with Crippen molar-refractivity contribution >= 4 is 18.1 Å². The summed E-state index contributed by atoms with van der Waals surface area (Å²) in [6.45, 7) is 8.86. The highest BCUT2D eigenvalue weighted by Gasteiger charge is 2.24. The summed E-state index contributed by atoms with van der Waals surface area (Å²) in [5.41, 5.74) is 0.368. The number of rotatable bonds is 7. The molecule has 1 aromatic rings. The summed E-state index contributed by atoms with van der Waals surface area (Å²) in [6.07, 6.45) is 4.81. The van der Waals surface area contributed by atoms with E-state index in [1.165, 1.54) is 6.08 Å². The summed E-state index contributed by atoms with van der Waals surface area (Å²) in [7, 11) is 0. The van der Waals surface area contributed by atoms with Crippen molar-refractivity contribution in [2.24, 2.45) is 0 Å². The Morgan fingerprint density at radius 3 is 2.50 bits per heavy atom. The first-order valence-corrected chi connectivity index (χ1v) is 7.80. The smallest absolute Gasteiger partial charge is 0.408 e. The van der Waals surface area contributed by atoms with Crippen LogP contribution in [0.2, 0.25) is 0 Å². The number of ether oxygens (including phenoxy) is 2. The van der Waals surface area contributed by atoms with Crippen molar-refractivity contribution < 1.29 is 19.1 Å². The molecule has 0 saturated heterocycles. The Bertz CT molecular complexity index is 573. The van der Waals surface area contributed by atoms with E-state index >= 15 is 0 Å². The van der Waals surface area contributed by atoms with Crippen LogP contribution in [0.4, 0.5) is 4.79 Å². The predicted molar refractivity (Wildman–Crippen MR) is 94.4 cm³/mol. The molecule has 1 aromatic carbocycles. The summed E-state index contributed by atoms with van der Waals surface area (Å²) in [5, 5.41) is 2.55. The molecule has 1 N–H and O–H groups in total. The minimum atomic E-state index is -0.820. The number of amides is 1. The van der Waals surface area contributed by atoms with E-state index in [0.29, 0.717) is 6.42 Å². The Labute approximate surface area is 143 Å². The van der Waals surface area contributed by atoms with Gasteiger partial charge in [0.1, 0.15) is 18.2 Å². The molecule has 5 heteroatoms. The second-order valence-corrected chi connectivity index (χ2v) is 6.17. The van der Waals surface area contributed by atoms with Gasteiger partial charge in [0.25, 0.3) is 0 Å². The van der Waals surface area contributed by atoms with Crippen LogP contribution in [-0.2, 0) is 14.3 Å². The summed E-state index contributed by atoms with van der Waals surface area (Å²) in [4.78, 5) is 24.0. The molecule has 0 aromatic heterocycles. The Hall–Kier alpha value is -2.56. The van der Waals surface area contributed by atoms with Gasteiger partial charge in [-0.25, -0.2) is 9.59 Å². The van der Waals surface area contributed by atoms with Crippen molar-refractivity contribution in [2.45, 2.75) is 38.8 Å². The highest BCUT2D eigenvalue weighted by molar-refractivity contribution is 5.81. The fraction of sp³-hybridized carbons (Fsp3) is 0.368. The molecule has 1 rings (SSSR count). The molecule has 0 fully saturated rings. The van der Waals surface area contributed by atoms with E-state index < -0.39 is 23.7 Å². The van der Waals surface area contributed by atoms with E-state index in [-0.39, 0.29) is 6.61 Å². The van der Waals surface area contributed by atoms with Crippen molar-refractivity contribution in [3.05, 3.63) is 54.6 Å². The van der Waals surface area contributed by atoms with Crippen LogP contribution in [0.25, 0.3) is 6.08 Å². The van der Waals surface area contributed by atoms with Crippen molar-refractivity contribution in [3.8, 4) is 0 Å². The van der Waals surface area contributed by atoms with E-state index in [9.17, 15) is 9.59 Å². The van der Waals surface area contributed by atoms with Crippen LogP contribution in [0.15, 0.2) is 49.1 Å². The lowest BCUT2D eigenvalue weighted by molar-refractivity contribution is -0.144. The monoisotopic (exact) mass is 331 g/mol. The number of esters is 1. The van der Waals surface area contributed by atoms with Gasteiger partial charge < -0.3 is 14.8 Å². The number of benzene rings is 1. The lowest BCUT2D eigenvalue weighted by atomic mass is 10.1.